The lowest BCUT2D eigenvalue weighted by Crippen LogP contribution is -1.88. The van der Waals surface area contributed by atoms with Gasteiger partial charge >= 0.3 is 0 Å². The predicted octanol–water partition coefficient (Wildman–Crippen LogP) is 5.06. The van der Waals surface area contributed by atoms with Crippen LogP contribution in [0.15, 0.2) is 12.4 Å². The van der Waals surface area contributed by atoms with Crippen LogP contribution in [0.2, 0.25) is 0 Å². The molecule has 100 valence electrons. The maximum absolute atomic E-state index is 4.23. The van der Waals surface area contributed by atoms with Crippen LogP contribution in [0.4, 0.5) is 0 Å². The van der Waals surface area contributed by atoms with Crippen molar-refractivity contribution >= 4 is 17.0 Å². The highest BCUT2D eigenvalue weighted by molar-refractivity contribution is 8.93. The number of halogens is 1. The summed E-state index contributed by atoms with van der Waals surface area (Å²) in [5.41, 5.74) is 0. The topological polar surface area (TPSA) is 28.7 Å². The zero-order valence-corrected chi connectivity index (χ0v) is 12.8. The Labute approximate surface area is 116 Å². The van der Waals surface area contributed by atoms with Crippen molar-refractivity contribution in [2.45, 2.75) is 71.1 Å². The second-order valence-corrected chi connectivity index (χ2v) is 4.61. The average molecular weight is 303 g/mol. The van der Waals surface area contributed by atoms with Crippen LogP contribution in [-0.2, 0) is 6.42 Å². The van der Waals surface area contributed by atoms with E-state index in [0.29, 0.717) is 0 Å². The minimum atomic E-state index is 0. The molecule has 2 nitrogen and oxygen atoms in total. The summed E-state index contributed by atoms with van der Waals surface area (Å²) in [5, 5.41) is 0. The van der Waals surface area contributed by atoms with Crippen LogP contribution in [0.3, 0.4) is 0 Å². The van der Waals surface area contributed by atoms with Crippen molar-refractivity contribution in [1.29, 1.82) is 0 Å². The molecule has 0 unspecified atom stereocenters. The molecule has 0 fully saturated rings. The first-order valence-corrected chi connectivity index (χ1v) is 6.91. The van der Waals surface area contributed by atoms with Gasteiger partial charge in [-0.3, -0.25) is 0 Å². The molecule has 0 aromatic carbocycles. The van der Waals surface area contributed by atoms with E-state index in [9.17, 15) is 0 Å². The number of aromatic nitrogens is 2. The summed E-state index contributed by atoms with van der Waals surface area (Å²) in [6.07, 6.45) is 17.4. The van der Waals surface area contributed by atoms with Gasteiger partial charge in [-0.1, -0.05) is 58.3 Å². The Kier molecular flexibility index (Phi) is 11.9. The summed E-state index contributed by atoms with van der Waals surface area (Å²) < 4.78 is 0. The number of aromatic amines is 1. The van der Waals surface area contributed by atoms with Crippen molar-refractivity contribution < 1.29 is 0 Å². The molecule has 0 atom stereocenters. The lowest BCUT2D eigenvalue weighted by molar-refractivity contribution is 0.562. The van der Waals surface area contributed by atoms with E-state index in [2.05, 4.69) is 16.9 Å². The number of imidazole rings is 1. The molecule has 0 bridgehead atoms. The highest BCUT2D eigenvalue weighted by atomic mass is 79.9. The highest BCUT2D eigenvalue weighted by Crippen LogP contribution is 2.10. The molecule has 0 saturated carbocycles. The number of nitrogens with zero attached hydrogens (tertiary/aromatic N) is 1. The van der Waals surface area contributed by atoms with E-state index in [1.807, 2.05) is 12.4 Å². The molecule has 1 heterocycles. The molecule has 0 radical (unpaired) electrons. The van der Waals surface area contributed by atoms with E-state index in [-0.39, 0.29) is 17.0 Å². The molecule has 1 aromatic heterocycles. The first-order valence-electron chi connectivity index (χ1n) is 6.91. The zero-order chi connectivity index (χ0) is 11.5. The van der Waals surface area contributed by atoms with Gasteiger partial charge in [0.2, 0.25) is 0 Å². The quantitative estimate of drug-likeness (QED) is 0.601. The number of hydrogen-bond donors (Lipinski definition) is 1. The van der Waals surface area contributed by atoms with E-state index >= 15 is 0 Å². The number of nitrogens with one attached hydrogen (secondary N) is 1. The standard InChI is InChI=1S/C14H26N2.BrH/c1-2-3-4-5-6-7-8-9-10-11-14-15-12-13-16-14;/h12-13H,2-11H2,1H3,(H,15,16);1H. The Morgan fingerprint density at radius 1 is 0.941 bits per heavy atom. The van der Waals surface area contributed by atoms with Crippen molar-refractivity contribution in [2.75, 3.05) is 0 Å². The lowest BCUT2D eigenvalue weighted by atomic mass is 10.1. The average Bonchev–Trinajstić information content (AvgIpc) is 2.80. The lowest BCUT2D eigenvalue weighted by Gasteiger charge is -2.01. The third kappa shape index (κ3) is 9.40. The van der Waals surface area contributed by atoms with Gasteiger partial charge in [-0.05, 0) is 6.42 Å². The van der Waals surface area contributed by atoms with Crippen LogP contribution >= 0.6 is 17.0 Å². The summed E-state index contributed by atoms with van der Waals surface area (Å²) in [7, 11) is 0. The molecular formula is C14H27BrN2. The van der Waals surface area contributed by atoms with Gasteiger partial charge < -0.3 is 4.98 Å². The van der Waals surface area contributed by atoms with E-state index in [4.69, 9.17) is 0 Å². The molecule has 0 spiro atoms. The molecule has 0 saturated heterocycles. The molecule has 1 N–H and O–H groups in total. The Balaban J connectivity index is 0.00000256. The minimum absolute atomic E-state index is 0. The van der Waals surface area contributed by atoms with Gasteiger partial charge in [-0.2, -0.15) is 0 Å². The largest absolute Gasteiger partial charge is 0.349 e. The van der Waals surface area contributed by atoms with Crippen molar-refractivity contribution in [2.24, 2.45) is 0 Å². The number of aryl methyl sites for hydroxylation is 1. The Bertz CT molecular complexity index is 234. The SMILES string of the molecule is Br.CCCCCCCCCCCc1ncc[nH]1. The molecule has 1 rings (SSSR count). The van der Waals surface area contributed by atoms with Gasteiger partial charge in [0.05, 0.1) is 0 Å². The number of unbranched alkanes of at least 4 members (excludes halogenated alkanes) is 8. The highest BCUT2D eigenvalue weighted by Gasteiger charge is 1.95. The van der Waals surface area contributed by atoms with Crippen LogP contribution in [-0.4, -0.2) is 9.97 Å². The Morgan fingerprint density at radius 3 is 2.06 bits per heavy atom. The fourth-order valence-electron chi connectivity index (χ4n) is 2.04. The minimum Gasteiger partial charge on any atom is -0.349 e. The molecule has 0 amide bonds. The van der Waals surface area contributed by atoms with Crippen molar-refractivity contribution in [3.05, 3.63) is 18.2 Å². The summed E-state index contributed by atoms with van der Waals surface area (Å²) in [6, 6.07) is 0. The summed E-state index contributed by atoms with van der Waals surface area (Å²) >= 11 is 0. The van der Waals surface area contributed by atoms with E-state index in [0.717, 1.165) is 12.2 Å². The van der Waals surface area contributed by atoms with E-state index in [1.54, 1.807) is 0 Å². The molecule has 3 heteroatoms. The molecule has 0 aliphatic heterocycles. The third-order valence-electron chi connectivity index (χ3n) is 3.07. The second-order valence-electron chi connectivity index (χ2n) is 4.61. The second kappa shape index (κ2) is 12.2. The first-order chi connectivity index (χ1) is 7.93. The Hall–Kier alpha value is -0.310. The number of hydrogen-bond acceptors (Lipinski definition) is 1. The van der Waals surface area contributed by atoms with Gasteiger partial charge in [0.1, 0.15) is 5.82 Å². The molecule has 0 aliphatic carbocycles. The normalized spacial score (nSPS) is 10.2. The predicted molar refractivity (Wildman–Crippen MR) is 79.8 cm³/mol. The fourth-order valence-corrected chi connectivity index (χ4v) is 2.04. The number of H-pyrrole nitrogens is 1. The smallest absolute Gasteiger partial charge is 0.105 e. The van der Waals surface area contributed by atoms with Crippen molar-refractivity contribution in [3.63, 3.8) is 0 Å². The van der Waals surface area contributed by atoms with Crippen LogP contribution in [0.25, 0.3) is 0 Å². The zero-order valence-electron chi connectivity index (χ0n) is 11.1. The third-order valence-corrected chi connectivity index (χ3v) is 3.07. The molecule has 17 heavy (non-hydrogen) atoms. The monoisotopic (exact) mass is 302 g/mol. The van der Waals surface area contributed by atoms with Gasteiger partial charge in [0.25, 0.3) is 0 Å². The van der Waals surface area contributed by atoms with Gasteiger partial charge in [0, 0.05) is 18.8 Å². The van der Waals surface area contributed by atoms with Crippen LogP contribution in [0.1, 0.15) is 70.5 Å². The molecular weight excluding hydrogens is 276 g/mol. The van der Waals surface area contributed by atoms with E-state index < -0.39 is 0 Å². The van der Waals surface area contributed by atoms with Crippen LogP contribution in [0.5, 0.6) is 0 Å². The summed E-state index contributed by atoms with van der Waals surface area (Å²) in [4.78, 5) is 7.38. The Morgan fingerprint density at radius 2 is 1.53 bits per heavy atom. The van der Waals surface area contributed by atoms with E-state index in [1.165, 1.54) is 57.8 Å². The maximum atomic E-state index is 4.23. The molecule has 1 aromatic rings. The van der Waals surface area contributed by atoms with Crippen LogP contribution < -0.4 is 0 Å². The molecule has 0 aliphatic rings. The van der Waals surface area contributed by atoms with Gasteiger partial charge in [-0.25, -0.2) is 4.98 Å². The van der Waals surface area contributed by atoms with Gasteiger partial charge in [0.15, 0.2) is 0 Å². The number of rotatable bonds is 10. The maximum Gasteiger partial charge on any atom is 0.105 e. The van der Waals surface area contributed by atoms with Crippen molar-refractivity contribution in [1.82, 2.24) is 9.97 Å². The van der Waals surface area contributed by atoms with Gasteiger partial charge in [-0.15, -0.1) is 17.0 Å². The van der Waals surface area contributed by atoms with Crippen molar-refractivity contribution in [3.8, 4) is 0 Å². The summed E-state index contributed by atoms with van der Waals surface area (Å²) in [5.74, 6) is 1.14. The summed E-state index contributed by atoms with van der Waals surface area (Å²) in [6.45, 7) is 2.27. The fraction of sp³-hybridized carbons (Fsp3) is 0.786. The first kappa shape index (κ1) is 16.7. The van der Waals surface area contributed by atoms with Crippen LogP contribution in [0, 0.1) is 0 Å².